The molecule has 14 heteroatoms. The van der Waals surface area contributed by atoms with Crippen LogP contribution in [0.1, 0.15) is 5.56 Å². The smallest absolute Gasteiger partial charge is 0.330 e. The number of amides is 1. The van der Waals surface area contributed by atoms with Gasteiger partial charge in [-0.1, -0.05) is 29.2 Å². The highest BCUT2D eigenvalue weighted by molar-refractivity contribution is 8.01. The SMILES string of the molecule is O=C(CSc1nnc(Nc2cccc(F)c2)s1)Nc1cc(C(F)(F)F)ccc1-n1cncn1. The van der Waals surface area contributed by atoms with E-state index in [0.717, 1.165) is 35.2 Å². The molecule has 170 valence electrons. The molecule has 0 fully saturated rings. The molecule has 0 aliphatic carbocycles. The van der Waals surface area contributed by atoms with E-state index in [4.69, 9.17) is 0 Å². The van der Waals surface area contributed by atoms with Gasteiger partial charge >= 0.3 is 6.18 Å². The topological polar surface area (TPSA) is 97.6 Å². The van der Waals surface area contributed by atoms with E-state index in [1.807, 2.05) is 0 Å². The fourth-order valence-electron chi connectivity index (χ4n) is 2.67. The predicted octanol–water partition coefficient (Wildman–Crippen LogP) is 4.75. The third kappa shape index (κ3) is 5.84. The van der Waals surface area contributed by atoms with E-state index in [2.05, 4.69) is 30.9 Å². The van der Waals surface area contributed by atoms with Crippen molar-refractivity contribution in [2.45, 2.75) is 10.5 Å². The molecular formula is C19H13F4N7OS2. The maximum Gasteiger partial charge on any atom is 0.416 e. The van der Waals surface area contributed by atoms with Crippen LogP contribution in [0.4, 0.5) is 34.1 Å². The zero-order valence-electron chi connectivity index (χ0n) is 16.4. The standard InChI is InChI=1S/C19H13F4N7OS2/c20-12-2-1-3-13(7-12)26-17-28-29-18(33-17)32-8-16(31)27-14-6-11(19(21,22)23)4-5-15(14)30-10-24-9-25-30/h1-7,9-10H,8H2,(H,26,28)(H,27,31). The number of benzene rings is 2. The van der Waals surface area contributed by atoms with Crippen molar-refractivity contribution in [3.63, 3.8) is 0 Å². The normalized spacial score (nSPS) is 11.4. The Morgan fingerprint density at radius 1 is 1.15 bits per heavy atom. The number of anilines is 3. The van der Waals surface area contributed by atoms with Crippen LogP contribution in [0.15, 0.2) is 59.5 Å². The van der Waals surface area contributed by atoms with Crippen molar-refractivity contribution < 1.29 is 22.4 Å². The molecule has 0 aliphatic rings. The summed E-state index contributed by atoms with van der Waals surface area (Å²) in [5, 5.41) is 17.6. The summed E-state index contributed by atoms with van der Waals surface area (Å²) in [7, 11) is 0. The van der Waals surface area contributed by atoms with Gasteiger partial charge in [-0.25, -0.2) is 14.1 Å². The van der Waals surface area contributed by atoms with Gasteiger partial charge in [-0.15, -0.1) is 10.2 Å². The Hall–Kier alpha value is -3.52. The van der Waals surface area contributed by atoms with Crippen LogP contribution in [0.5, 0.6) is 0 Å². The number of carbonyl (C=O) groups is 1. The van der Waals surface area contributed by atoms with Gasteiger partial charge in [0.2, 0.25) is 11.0 Å². The van der Waals surface area contributed by atoms with E-state index < -0.39 is 23.5 Å². The van der Waals surface area contributed by atoms with E-state index in [9.17, 15) is 22.4 Å². The van der Waals surface area contributed by atoms with E-state index >= 15 is 0 Å². The average molecular weight is 495 g/mol. The van der Waals surface area contributed by atoms with Gasteiger partial charge < -0.3 is 10.6 Å². The summed E-state index contributed by atoms with van der Waals surface area (Å²) < 4.78 is 54.4. The molecule has 0 bridgehead atoms. The minimum atomic E-state index is -4.58. The molecule has 4 aromatic rings. The van der Waals surface area contributed by atoms with Crippen LogP contribution in [-0.4, -0.2) is 36.6 Å². The van der Waals surface area contributed by atoms with E-state index in [0.29, 0.717) is 15.2 Å². The second-order valence-corrected chi connectivity index (χ2v) is 8.62. The molecule has 2 N–H and O–H groups in total. The monoisotopic (exact) mass is 495 g/mol. The lowest BCUT2D eigenvalue weighted by Gasteiger charge is -2.14. The largest absolute Gasteiger partial charge is 0.416 e. The number of carbonyl (C=O) groups excluding carboxylic acids is 1. The lowest BCUT2D eigenvalue weighted by Crippen LogP contribution is -2.17. The lowest BCUT2D eigenvalue weighted by atomic mass is 10.1. The molecule has 4 rings (SSSR count). The van der Waals surface area contributed by atoms with Crippen LogP contribution in [0.25, 0.3) is 5.69 Å². The summed E-state index contributed by atoms with van der Waals surface area (Å²) in [6, 6.07) is 8.75. The Kier molecular flexibility index (Phi) is 6.55. The van der Waals surface area contributed by atoms with Crippen molar-refractivity contribution in [3.05, 3.63) is 66.5 Å². The Morgan fingerprint density at radius 2 is 2.00 bits per heavy atom. The second kappa shape index (κ2) is 9.54. The fraction of sp³-hybridized carbons (Fsp3) is 0.105. The summed E-state index contributed by atoms with van der Waals surface area (Å²) >= 11 is 2.20. The van der Waals surface area contributed by atoms with Gasteiger partial charge in [0.05, 0.1) is 22.7 Å². The highest BCUT2D eigenvalue weighted by atomic mass is 32.2. The fourth-order valence-corrected chi connectivity index (χ4v) is 4.24. The molecule has 0 unspecified atom stereocenters. The van der Waals surface area contributed by atoms with E-state index in [-0.39, 0.29) is 17.1 Å². The molecule has 2 aromatic heterocycles. The van der Waals surface area contributed by atoms with Gasteiger partial charge in [0, 0.05) is 5.69 Å². The summed E-state index contributed by atoms with van der Waals surface area (Å²) in [6.45, 7) is 0. The van der Waals surface area contributed by atoms with Crippen molar-refractivity contribution in [1.82, 2.24) is 25.0 Å². The number of halogens is 4. The molecule has 1 amide bonds. The quantitative estimate of drug-likeness (QED) is 0.282. The van der Waals surface area contributed by atoms with E-state index in [1.54, 1.807) is 12.1 Å². The van der Waals surface area contributed by atoms with Crippen molar-refractivity contribution in [1.29, 1.82) is 0 Å². The molecule has 2 heterocycles. The number of alkyl halides is 3. The average Bonchev–Trinajstić information content (AvgIpc) is 3.44. The molecule has 8 nitrogen and oxygen atoms in total. The molecular weight excluding hydrogens is 482 g/mol. The minimum absolute atomic E-state index is 0.0633. The van der Waals surface area contributed by atoms with Crippen LogP contribution < -0.4 is 10.6 Å². The molecule has 0 saturated heterocycles. The number of hydrogen-bond donors (Lipinski definition) is 2. The summed E-state index contributed by atoms with van der Waals surface area (Å²) in [5.41, 5.74) is -0.250. The van der Waals surface area contributed by atoms with Gasteiger partial charge in [0.25, 0.3) is 0 Å². The Morgan fingerprint density at radius 3 is 2.73 bits per heavy atom. The van der Waals surface area contributed by atoms with Gasteiger partial charge in [0.15, 0.2) is 4.34 Å². The molecule has 0 atom stereocenters. The zero-order chi connectivity index (χ0) is 23.4. The first-order chi connectivity index (χ1) is 15.8. The van der Waals surface area contributed by atoms with Gasteiger partial charge in [0.1, 0.15) is 18.5 Å². The third-order valence-electron chi connectivity index (χ3n) is 4.07. The number of thioether (sulfide) groups is 1. The lowest BCUT2D eigenvalue weighted by molar-refractivity contribution is -0.137. The molecule has 0 saturated carbocycles. The first kappa shape index (κ1) is 22.7. The van der Waals surface area contributed by atoms with Gasteiger partial charge in [-0.05, 0) is 36.4 Å². The maximum absolute atomic E-state index is 13.3. The number of nitrogens with one attached hydrogen (secondary N) is 2. The van der Waals surface area contributed by atoms with Gasteiger partial charge in [-0.3, -0.25) is 4.79 Å². The molecule has 0 radical (unpaired) electrons. The molecule has 0 spiro atoms. The van der Waals surface area contributed by atoms with Crippen LogP contribution in [0, 0.1) is 5.82 Å². The predicted molar refractivity (Wildman–Crippen MR) is 115 cm³/mol. The van der Waals surface area contributed by atoms with Crippen LogP contribution in [-0.2, 0) is 11.0 Å². The number of nitrogens with zero attached hydrogens (tertiary/aromatic N) is 5. The molecule has 0 aliphatic heterocycles. The summed E-state index contributed by atoms with van der Waals surface area (Å²) in [5.74, 6) is -1.08. The number of hydrogen-bond acceptors (Lipinski definition) is 8. The summed E-state index contributed by atoms with van der Waals surface area (Å²) in [6.07, 6.45) is -2.04. The minimum Gasteiger partial charge on any atom is -0.330 e. The maximum atomic E-state index is 13.3. The second-order valence-electron chi connectivity index (χ2n) is 6.42. The van der Waals surface area contributed by atoms with Crippen molar-refractivity contribution in [2.75, 3.05) is 16.4 Å². The highest BCUT2D eigenvalue weighted by Crippen LogP contribution is 2.33. The molecule has 33 heavy (non-hydrogen) atoms. The van der Waals surface area contributed by atoms with Crippen LogP contribution in [0.2, 0.25) is 0 Å². The van der Waals surface area contributed by atoms with Crippen molar-refractivity contribution in [3.8, 4) is 5.69 Å². The summed E-state index contributed by atoms with van der Waals surface area (Å²) in [4.78, 5) is 16.2. The molecule has 2 aromatic carbocycles. The first-order valence-electron chi connectivity index (χ1n) is 9.13. The van der Waals surface area contributed by atoms with Crippen LogP contribution in [0.3, 0.4) is 0 Å². The van der Waals surface area contributed by atoms with Crippen molar-refractivity contribution in [2.24, 2.45) is 0 Å². The van der Waals surface area contributed by atoms with Gasteiger partial charge in [-0.2, -0.15) is 18.3 Å². The zero-order valence-corrected chi connectivity index (χ0v) is 18.0. The van der Waals surface area contributed by atoms with E-state index in [1.165, 1.54) is 35.5 Å². The first-order valence-corrected chi connectivity index (χ1v) is 10.9. The van der Waals surface area contributed by atoms with Crippen LogP contribution >= 0.6 is 23.1 Å². The Balaban J connectivity index is 1.42. The third-order valence-corrected chi connectivity index (χ3v) is 6.04. The Bertz CT molecular complexity index is 1260. The van der Waals surface area contributed by atoms with Crippen molar-refractivity contribution >= 4 is 45.5 Å². The highest BCUT2D eigenvalue weighted by Gasteiger charge is 2.31. The number of rotatable bonds is 7. The Labute approximate surface area is 192 Å². The number of aromatic nitrogens is 5.